The van der Waals surface area contributed by atoms with Gasteiger partial charge in [0.25, 0.3) is 5.91 Å². The van der Waals surface area contributed by atoms with E-state index in [9.17, 15) is 24.3 Å². The number of carbonyl (C=O) groups excluding carboxylic acids is 3. The van der Waals surface area contributed by atoms with E-state index in [4.69, 9.17) is 9.47 Å². The predicted octanol–water partition coefficient (Wildman–Crippen LogP) is 6.91. The van der Waals surface area contributed by atoms with E-state index in [0.717, 1.165) is 10.4 Å². The summed E-state index contributed by atoms with van der Waals surface area (Å²) < 4.78 is 10.6. The number of benzene rings is 2. The summed E-state index contributed by atoms with van der Waals surface area (Å²) in [7, 11) is 0. The molecule has 1 atom stereocenters. The highest BCUT2D eigenvalue weighted by Crippen LogP contribution is 2.32. The number of carbonyl (C=O) groups is 4. The lowest BCUT2D eigenvalue weighted by atomic mass is 9.94. The molecule has 1 aromatic heterocycles. The maximum Gasteiger partial charge on any atom is 0.412 e. The molecule has 0 saturated carbocycles. The Balaban J connectivity index is 1.82. The molecule has 1 unspecified atom stereocenters. The molecular formula is C30H34N2O7S. The van der Waals surface area contributed by atoms with Crippen molar-refractivity contribution in [3.05, 3.63) is 71.1 Å². The molecule has 10 heteroatoms. The van der Waals surface area contributed by atoms with Gasteiger partial charge >= 0.3 is 18.0 Å². The summed E-state index contributed by atoms with van der Waals surface area (Å²) in [5.74, 6) is -3.40. The van der Waals surface area contributed by atoms with Crippen LogP contribution in [0.2, 0.25) is 0 Å². The van der Waals surface area contributed by atoms with Gasteiger partial charge in [-0.3, -0.25) is 19.7 Å². The second-order valence-electron chi connectivity index (χ2n) is 11.1. The van der Waals surface area contributed by atoms with Crippen molar-refractivity contribution in [1.82, 2.24) is 0 Å². The highest BCUT2D eigenvalue weighted by molar-refractivity contribution is 7.13. The van der Waals surface area contributed by atoms with E-state index in [-0.39, 0.29) is 12.0 Å². The molecule has 40 heavy (non-hydrogen) atoms. The lowest BCUT2D eigenvalue weighted by Crippen LogP contribution is -2.27. The van der Waals surface area contributed by atoms with Gasteiger partial charge in [0.15, 0.2) is 0 Å². The van der Waals surface area contributed by atoms with Crippen molar-refractivity contribution in [2.24, 2.45) is 0 Å². The fraction of sp³-hybridized carbons (Fsp3) is 0.333. The largest absolute Gasteiger partial charge is 0.481 e. The SMILES string of the molecule is CC(C)(C)OC(=O)CC(C(=O)O)c1ccc(C(=O)Nc2cc(-c3cccs3)ccc2NC(=O)OC(C)(C)C)cc1. The molecule has 9 nitrogen and oxygen atoms in total. The van der Waals surface area contributed by atoms with Gasteiger partial charge in [-0.2, -0.15) is 0 Å². The van der Waals surface area contributed by atoms with Crippen molar-refractivity contribution in [2.75, 3.05) is 10.6 Å². The fourth-order valence-corrected chi connectivity index (χ4v) is 4.45. The molecule has 2 aromatic carbocycles. The van der Waals surface area contributed by atoms with Crippen LogP contribution in [0.3, 0.4) is 0 Å². The third kappa shape index (κ3) is 8.94. The zero-order chi connectivity index (χ0) is 29.7. The van der Waals surface area contributed by atoms with Crippen molar-refractivity contribution in [3.8, 4) is 10.4 Å². The molecule has 212 valence electrons. The highest BCUT2D eigenvalue weighted by Gasteiger charge is 2.27. The van der Waals surface area contributed by atoms with Gasteiger partial charge in [-0.15, -0.1) is 11.3 Å². The molecule has 0 bridgehead atoms. The maximum atomic E-state index is 13.2. The zero-order valence-electron chi connectivity index (χ0n) is 23.4. The minimum atomic E-state index is -1.17. The van der Waals surface area contributed by atoms with E-state index in [2.05, 4.69) is 10.6 Å². The first-order chi connectivity index (χ1) is 18.6. The number of aliphatic carboxylic acids is 1. The average Bonchev–Trinajstić information content (AvgIpc) is 3.36. The smallest absolute Gasteiger partial charge is 0.412 e. The van der Waals surface area contributed by atoms with Crippen molar-refractivity contribution < 1.29 is 33.8 Å². The molecule has 0 aliphatic carbocycles. The molecule has 0 fully saturated rings. The van der Waals surface area contributed by atoms with Crippen LogP contribution in [-0.4, -0.2) is 40.2 Å². The molecule has 0 aliphatic heterocycles. The number of anilines is 2. The molecule has 3 N–H and O–H groups in total. The highest BCUT2D eigenvalue weighted by atomic mass is 32.1. The number of carboxylic acids is 1. The van der Waals surface area contributed by atoms with E-state index in [1.807, 2.05) is 23.6 Å². The molecule has 0 spiro atoms. The third-order valence-electron chi connectivity index (χ3n) is 5.37. The Morgan fingerprint density at radius 1 is 0.850 bits per heavy atom. The van der Waals surface area contributed by atoms with Crippen molar-refractivity contribution in [2.45, 2.75) is 65.1 Å². The second-order valence-corrected chi connectivity index (χ2v) is 12.1. The summed E-state index contributed by atoms with van der Waals surface area (Å²) in [5.41, 5.74) is 0.740. The van der Waals surface area contributed by atoms with E-state index in [0.29, 0.717) is 16.9 Å². The van der Waals surface area contributed by atoms with Gasteiger partial charge in [-0.25, -0.2) is 4.79 Å². The Kier molecular flexibility index (Phi) is 9.36. The molecule has 1 heterocycles. The van der Waals surface area contributed by atoms with E-state index >= 15 is 0 Å². The number of ether oxygens (including phenoxy) is 2. The fourth-order valence-electron chi connectivity index (χ4n) is 3.73. The van der Waals surface area contributed by atoms with Crippen molar-refractivity contribution in [1.29, 1.82) is 0 Å². The number of amides is 2. The molecular weight excluding hydrogens is 532 g/mol. The summed E-state index contributed by atoms with van der Waals surface area (Å²) in [6.07, 6.45) is -1.01. The average molecular weight is 567 g/mol. The Bertz CT molecular complexity index is 1370. The lowest BCUT2D eigenvalue weighted by Gasteiger charge is -2.21. The molecule has 2 amide bonds. The summed E-state index contributed by atoms with van der Waals surface area (Å²) in [4.78, 5) is 50.7. The molecule has 3 rings (SSSR count). The van der Waals surface area contributed by atoms with Crippen LogP contribution in [-0.2, 0) is 19.1 Å². The predicted molar refractivity (Wildman–Crippen MR) is 155 cm³/mol. The second kappa shape index (κ2) is 12.3. The van der Waals surface area contributed by atoms with E-state index in [1.165, 1.54) is 35.6 Å². The number of hydrogen-bond acceptors (Lipinski definition) is 7. The summed E-state index contributed by atoms with van der Waals surface area (Å²) >= 11 is 1.54. The van der Waals surface area contributed by atoms with Gasteiger partial charge in [0, 0.05) is 10.4 Å². The first-order valence-corrected chi connectivity index (χ1v) is 13.5. The quantitative estimate of drug-likeness (QED) is 0.252. The zero-order valence-corrected chi connectivity index (χ0v) is 24.2. The van der Waals surface area contributed by atoms with Crippen LogP contribution >= 0.6 is 11.3 Å². The molecule has 3 aromatic rings. The standard InChI is InChI=1S/C30H34N2O7S/c1-29(2,3)38-25(33)17-21(27(35)36)18-9-11-19(12-10-18)26(34)31-23-16-20(24-8-7-15-40-24)13-14-22(23)32-28(37)39-30(4,5)6/h7-16,21H,17H2,1-6H3,(H,31,34)(H,32,37)(H,35,36). The number of hydrogen-bond donors (Lipinski definition) is 3. The summed E-state index contributed by atoms with van der Waals surface area (Å²) in [5, 5.41) is 17.2. The van der Waals surface area contributed by atoms with Crippen LogP contribution in [0.1, 0.15) is 69.8 Å². The van der Waals surface area contributed by atoms with Gasteiger partial charge in [0.2, 0.25) is 0 Å². The Labute approximate surface area is 237 Å². The summed E-state index contributed by atoms with van der Waals surface area (Å²) in [6, 6.07) is 15.1. The molecule has 0 saturated heterocycles. The number of thiophene rings is 1. The van der Waals surface area contributed by atoms with Crippen LogP contribution in [0.4, 0.5) is 16.2 Å². The monoisotopic (exact) mass is 566 g/mol. The minimum Gasteiger partial charge on any atom is -0.481 e. The summed E-state index contributed by atoms with van der Waals surface area (Å²) in [6.45, 7) is 10.4. The van der Waals surface area contributed by atoms with Crippen molar-refractivity contribution >= 4 is 46.7 Å². The van der Waals surface area contributed by atoms with Crippen LogP contribution in [0.15, 0.2) is 60.0 Å². The third-order valence-corrected chi connectivity index (χ3v) is 6.29. The van der Waals surface area contributed by atoms with Gasteiger partial charge in [-0.1, -0.05) is 24.3 Å². The lowest BCUT2D eigenvalue weighted by molar-refractivity contribution is -0.158. The van der Waals surface area contributed by atoms with Crippen LogP contribution in [0.5, 0.6) is 0 Å². The molecule has 0 aliphatic rings. The Hall–Kier alpha value is -4.18. The van der Waals surface area contributed by atoms with E-state index < -0.39 is 41.1 Å². The number of carboxylic acid groups (broad SMARTS) is 1. The van der Waals surface area contributed by atoms with Crippen LogP contribution in [0, 0.1) is 0 Å². The number of esters is 1. The van der Waals surface area contributed by atoms with Gasteiger partial charge in [0.05, 0.1) is 23.7 Å². The van der Waals surface area contributed by atoms with E-state index in [1.54, 1.807) is 53.7 Å². The van der Waals surface area contributed by atoms with Gasteiger partial charge < -0.3 is 19.9 Å². The topological polar surface area (TPSA) is 131 Å². The Morgan fingerprint density at radius 3 is 2.05 bits per heavy atom. The van der Waals surface area contributed by atoms with Crippen LogP contribution < -0.4 is 10.6 Å². The first-order valence-electron chi connectivity index (χ1n) is 12.7. The normalized spacial score (nSPS) is 12.2. The Morgan fingerprint density at radius 2 is 1.50 bits per heavy atom. The number of rotatable bonds is 8. The maximum absolute atomic E-state index is 13.2. The van der Waals surface area contributed by atoms with Gasteiger partial charge in [0.1, 0.15) is 11.2 Å². The first kappa shape index (κ1) is 30.4. The van der Waals surface area contributed by atoms with Gasteiger partial charge in [-0.05, 0) is 88.4 Å². The number of nitrogens with one attached hydrogen (secondary N) is 2. The van der Waals surface area contributed by atoms with Crippen molar-refractivity contribution in [3.63, 3.8) is 0 Å². The minimum absolute atomic E-state index is 0.259. The molecule has 0 radical (unpaired) electrons. The van der Waals surface area contributed by atoms with Crippen LogP contribution in [0.25, 0.3) is 10.4 Å².